The van der Waals surface area contributed by atoms with Crippen LogP contribution in [-0.2, 0) is 20.9 Å². The van der Waals surface area contributed by atoms with E-state index >= 15 is 0 Å². The van der Waals surface area contributed by atoms with Gasteiger partial charge in [0.2, 0.25) is 0 Å². The van der Waals surface area contributed by atoms with Gasteiger partial charge in [-0.1, -0.05) is 84.9 Å². The fourth-order valence-electron chi connectivity index (χ4n) is 8.66. The number of aliphatic hydroxyl groups is 1. The van der Waals surface area contributed by atoms with Crippen LogP contribution in [0.25, 0.3) is 17.3 Å². The van der Waals surface area contributed by atoms with E-state index in [4.69, 9.17) is 9.72 Å². The summed E-state index contributed by atoms with van der Waals surface area (Å²) in [6.07, 6.45) is 7.97. The van der Waals surface area contributed by atoms with Gasteiger partial charge >= 0.3 is 5.97 Å². The third-order valence-electron chi connectivity index (χ3n) is 12.2. The molecule has 0 aliphatic carbocycles. The van der Waals surface area contributed by atoms with Crippen LogP contribution in [0.4, 0.5) is 5.69 Å². The number of likely N-dealkylation sites (tertiary alicyclic amines) is 2. The number of pyridine rings is 1. The van der Waals surface area contributed by atoms with Crippen molar-refractivity contribution in [2.45, 2.75) is 44.2 Å². The van der Waals surface area contributed by atoms with E-state index in [2.05, 4.69) is 39.8 Å². The largest absolute Gasteiger partial charge is 0.506 e. The van der Waals surface area contributed by atoms with Crippen molar-refractivity contribution in [3.63, 3.8) is 0 Å². The summed E-state index contributed by atoms with van der Waals surface area (Å²) in [7, 11) is 1.67. The summed E-state index contributed by atoms with van der Waals surface area (Å²) in [5, 5.41) is 27.6. The Bertz CT molecular complexity index is 2270. The molecule has 3 heterocycles. The molecule has 4 N–H and O–H groups in total. The van der Waals surface area contributed by atoms with Crippen LogP contribution in [0.2, 0.25) is 0 Å². The normalized spacial score (nSPS) is 16.2. The van der Waals surface area contributed by atoms with Crippen LogP contribution in [0.1, 0.15) is 75.9 Å². The average molecular weight is 836 g/mol. The third-order valence-corrected chi connectivity index (χ3v) is 12.2. The number of phenols is 1. The molecule has 322 valence electrons. The number of nitrogens with zero attached hydrogens (tertiary/aromatic N) is 3. The number of hydrogen-bond donors (Lipinski definition) is 4. The number of esters is 1. The number of ether oxygens (including phenoxy) is 1. The van der Waals surface area contributed by atoms with Gasteiger partial charge in [0.05, 0.1) is 29.7 Å². The lowest BCUT2D eigenvalue weighted by Crippen LogP contribution is -2.41. The van der Waals surface area contributed by atoms with E-state index < -0.39 is 12.0 Å². The smallest absolute Gasteiger partial charge is 0.317 e. The second kappa shape index (κ2) is 21.6. The van der Waals surface area contributed by atoms with Crippen LogP contribution in [0.3, 0.4) is 0 Å². The van der Waals surface area contributed by atoms with Gasteiger partial charge in [0.15, 0.2) is 0 Å². The van der Waals surface area contributed by atoms with Gasteiger partial charge in [0.25, 0.3) is 5.91 Å². The maximum absolute atomic E-state index is 13.9. The summed E-state index contributed by atoms with van der Waals surface area (Å²) in [6, 6.07) is 35.0. The van der Waals surface area contributed by atoms with Crippen LogP contribution in [0, 0.1) is 11.8 Å². The first kappa shape index (κ1) is 43.9. The van der Waals surface area contributed by atoms with Crippen molar-refractivity contribution >= 4 is 29.9 Å². The predicted octanol–water partition coefficient (Wildman–Crippen LogP) is 7.47. The molecular weight excluding hydrogens is 779 g/mol. The molecule has 2 saturated heterocycles. The van der Waals surface area contributed by atoms with Crippen molar-refractivity contribution in [3.8, 4) is 17.0 Å². The highest BCUT2D eigenvalue weighted by atomic mass is 16.5. The zero-order valence-electron chi connectivity index (χ0n) is 35.4. The molecule has 2 aliphatic heterocycles. The molecule has 2 atom stereocenters. The Balaban J connectivity index is 0.911. The summed E-state index contributed by atoms with van der Waals surface area (Å²) in [4.78, 5) is 47.5. The molecule has 11 heteroatoms. The maximum atomic E-state index is 13.9. The van der Waals surface area contributed by atoms with E-state index in [1.54, 1.807) is 25.4 Å². The van der Waals surface area contributed by atoms with Gasteiger partial charge in [-0.05, 0) is 116 Å². The van der Waals surface area contributed by atoms with Gasteiger partial charge in [-0.15, -0.1) is 0 Å². The minimum atomic E-state index is -0.857. The summed E-state index contributed by atoms with van der Waals surface area (Å²) in [5.74, 6) is -0.216. The van der Waals surface area contributed by atoms with Crippen molar-refractivity contribution in [1.82, 2.24) is 20.1 Å². The summed E-state index contributed by atoms with van der Waals surface area (Å²) < 4.78 is 6.08. The second-order valence-electron chi connectivity index (χ2n) is 16.4. The average Bonchev–Trinajstić information content (AvgIpc) is 3.31. The van der Waals surface area contributed by atoms with E-state index in [0.29, 0.717) is 79.0 Å². The minimum absolute atomic E-state index is 0.0324. The second-order valence-corrected chi connectivity index (χ2v) is 16.4. The highest BCUT2D eigenvalue weighted by molar-refractivity contribution is 5.94. The maximum Gasteiger partial charge on any atom is 0.317 e. The number of carbonyl (C=O) groups excluding carboxylic acids is 3. The lowest BCUT2D eigenvalue weighted by molar-refractivity contribution is -0.146. The Morgan fingerprint density at radius 1 is 0.855 bits per heavy atom. The third kappa shape index (κ3) is 11.2. The first-order chi connectivity index (χ1) is 30.3. The number of anilines is 1. The van der Waals surface area contributed by atoms with E-state index in [9.17, 15) is 24.6 Å². The zero-order chi connectivity index (χ0) is 43.3. The molecule has 1 aromatic heterocycles. The Morgan fingerprint density at radius 2 is 1.56 bits per heavy atom. The van der Waals surface area contributed by atoms with E-state index in [0.717, 1.165) is 62.0 Å². The number of aromatic hydroxyl groups is 1. The lowest BCUT2D eigenvalue weighted by atomic mass is 9.89. The highest BCUT2D eigenvalue weighted by Crippen LogP contribution is 2.34. The molecule has 0 spiro atoms. The van der Waals surface area contributed by atoms with Gasteiger partial charge in [-0.25, -0.2) is 0 Å². The Hall–Kier alpha value is -6.14. The van der Waals surface area contributed by atoms with E-state index in [1.165, 1.54) is 17.7 Å². The van der Waals surface area contributed by atoms with Gasteiger partial charge in [-0.2, -0.15) is 0 Å². The van der Waals surface area contributed by atoms with Crippen LogP contribution >= 0.6 is 0 Å². The van der Waals surface area contributed by atoms with E-state index in [-0.39, 0.29) is 17.6 Å². The van der Waals surface area contributed by atoms with Crippen LogP contribution in [-0.4, -0.2) is 96.1 Å². The lowest BCUT2D eigenvalue weighted by Gasteiger charge is -2.32. The summed E-state index contributed by atoms with van der Waals surface area (Å²) in [6.45, 7) is 5.52. The van der Waals surface area contributed by atoms with Gasteiger partial charge in [-0.3, -0.25) is 24.3 Å². The predicted molar refractivity (Wildman–Crippen MR) is 243 cm³/mol. The number of nitrogens with one attached hydrogen (secondary N) is 2. The number of phenolic OH excluding ortho intramolecular Hbond substituents is 1. The minimum Gasteiger partial charge on any atom is -0.506 e. The SMILES string of the molecule is CNc1c(O)ccc(C(O)CNCC2CCN(C(=O)c3ccc(-c4cccc(C(C(=O)OCC5CCN(Cc6ccccc6)CC5)c5ccccc5)c4)nc3)CC2)c1/C=C\C=O. The van der Waals surface area contributed by atoms with Crippen molar-refractivity contribution in [3.05, 3.63) is 155 Å². The molecular formula is C51H57N5O6. The molecule has 1 amide bonds. The molecule has 11 nitrogen and oxygen atoms in total. The number of aldehydes is 1. The molecule has 4 aromatic carbocycles. The number of amides is 1. The molecule has 2 fully saturated rings. The molecule has 0 bridgehead atoms. The van der Waals surface area contributed by atoms with Crippen LogP contribution < -0.4 is 10.6 Å². The van der Waals surface area contributed by atoms with Gasteiger partial charge in [0.1, 0.15) is 18.0 Å². The molecule has 2 aliphatic rings. The van der Waals surface area contributed by atoms with Gasteiger partial charge in [0, 0.05) is 50.6 Å². The number of allylic oxidation sites excluding steroid dienone is 1. The Kier molecular flexibility index (Phi) is 15.3. The number of benzene rings is 4. The summed E-state index contributed by atoms with van der Waals surface area (Å²) >= 11 is 0. The molecule has 7 rings (SSSR count). The fourth-order valence-corrected chi connectivity index (χ4v) is 8.66. The van der Waals surface area contributed by atoms with Crippen molar-refractivity contribution in [2.75, 3.05) is 58.2 Å². The highest BCUT2D eigenvalue weighted by Gasteiger charge is 2.28. The number of hydrogen-bond acceptors (Lipinski definition) is 10. The number of aliphatic hydroxyl groups excluding tert-OH is 1. The molecule has 62 heavy (non-hydrogen) atoms. The summed E-state index contributed by atoms with van der Waals surface area (Å²) in [5.41, 5.74) is 6.69. The fraction of sp³-hybridized carbons (Fsp3) is 0.333. The van der Waals surface area contributed by atoms with Crippen molar-refractivity contribution < 1.29 is 29.3 Å². The number of piperidine rings is 2. The Labute approximate surface area is 364 Å². The molecule has 5 aromatic rings. The first-order valence-corrected chi connectivity index (χ1v) is 21.7. The van der Waals surface area contributed by atoms with Crippen LogP contribution in [0.15, 0.2) is 121 Å². The first-order valence-electron chi connectivity index (χ1n) is 21.7. The zero-order valence-corrected chi connectivity index (χ0v) is 35.4. The molecule has 0 saturated carbocycles. The monoisotopic (exact) mass is 835 g/mol. The van der Waals surface area contributed by atoms with Crippen molar-refractivity contribution in [2.24, 2.45) is 11.8 Å². The van der Waals surface area contributed by atoms with Crippen LogP contribution in [0.5, 0.6) is 5.75 Å². The number of carbonyl (C=O) groups is 3. The van der Waals surface area contributed by atoms with Crippen molar-refractivity contribution in [1.29, 1.82) is 0 Å². The standard InChI is InChI=1S/C51H57N5O6/c1-52-49-44(16-9-29-57)43(18-20-46(49)58)47(59)33-53-31-36-23-27-56(28-24-36)50(60)42-17-19-45(54-32-42)40-14-8-15-41(30-40)48(39-12-6-3-7-13-39)51(61)62-35-38-21-25-55(26-22-38)34-37-10-4-2-5-11-37/h2-20,29-30,32,36,38,47-48,52-53,58-59H,21-28,31,33-35H2,1H3/b16-9-. The van der Waals surface area contributed by atoms with E-state index in [1.807, 2.05) is 77.7 Å². The molecule has 0 radical (unpaired) electrons. The number of rotatable bonds is 17. The number of aromatic nitrogens is 1. The Morgan fingerprint density at radius 3 is 2.26 bits per heavy atom. The quantitative estimate of drug-likeness (QED) is 0.0323. The molecule has 2 unspecified atom stereocenters. The topological polar surface area (TPSA) is 144 Å². The van der Waals surface area contributed by atoms with Gasteiger partial charge < -0.3 is 30.5 Å².